The molecular weight excluding hydrogens is 372 g/mol. The largest absolute Gasteiger partial charge is 0.493 e. The van der Waals surface area contributed by atoms with Crippen molar-refractivity contribution >= 4 is 21.9 Å². The van der Waals surface area contributed by atoms with Crippen LogP contribution in [0.5, 0.6) is 11.5 Å². The second kappa shape index (κ2) is 9.22. The molecule has 0 bridgehead atoms. The fraction of sp³-hybridized carbons (Fsp3) is 0.353. The molecule has 2 N–H and O–H groups in total. The molecule has 1 aromatic carbocycles. The van der Waals surface area contributed by atoms with E-state index in [1.165, 1.54) is 0 Å². The number of nitrogens with zero attached hydrogens (tertiary/aromatic N) is 2. The normalized spacial score (nSPS) is 11.2. The average Bonchev–Trinajstić information content (AvgIpc) is 3.11. The Labute approximate surface area is 151 Å². The van der Waals surface area contributed by atoms with Gasteiger partial charge in [0.25, 0.3) is 0 Å². The highest BCUT2D eigenvalue weighted by Crippen LogP contribution is 2.33. The van der Waals surface area contributed by atoms with Crippen molar-refractivity contribution in [1.29, 1.82) is 0 Å². The molecule has 0 saturated carbocycles. The van der Waals surface area contributed by atoms with E-state index in [-0.39, 0.29) is 0 Å². The third kappa shape index (κ3) is 4.92. The van der Waals surface area contributed by atoms with E-state index in [0.717, 1.165) is 29.1 Å². The first-order valence-corrected chi connectivity index (χ1v) is 8.43. The molecule has 2 rings (SSSR count). The number of hydrogen-bond acceptors (Lipinski definition) is 3. The summed E-state index contributed by atoms with van der Waals surface area (Å²) in [6.45, 7) is 2.29. The van der Waals surface area contributed by atoms with E-state index < -0.39 is 0 Å². The Kier molecular flexibility index (Phi) is 6.99. The van der Waals surface area contributed by atoms with Crippen LogP contribution < -0.4 is 20.1 Å². The fourth-order valence-corrected chi connectivity index (χ4v) is 2.72. The number of ether oxygens (including phenoxy) is 2. The van der Waals surface area contributed by atoms with Crippen molar-refractivity contribution in [3.05, 3.63) is 46.7 Å². The zero-order chi connectivity index (χ0) is 17.4. The van der Waals surface area contributed by atoms with Crippen LogP contribution in [0, 0.1) is 0 Å². The van der Waals surface area contributed by atoms with Crippen molar-refractivity contribution < 1.29 is 9.47 Å². The molecule has 2 aromatic rings. The molecule has 24 heavy (non-hydrogen) atoms. The van der Waals surface area contributed by atoms with Crippen molar-refractivity contribution in [3.63, 3.8) is 0 Å². The molecule has 0 fully saturated rings. The van der Waals surface area contributed by atoms with E-state index in [1.54, 1.807) is 21.3 Å². The standard InChI is InChI=1S/C17H23BrN4O2/c1-19-17(20-6-9-22-7-4-5-8-22)21-12-13-10-15(23-2)16(24-3)11-14(13)18/h4-5,7-8,10-11H,6,9,12H2,1-3H3,(H2,19,20,21). The number of rotatable bonds is 7. The zero-order valence-corrected chi connectivity index (χ0v) is 15.8. The van der Waals surface area contributed by atoms with Gasteiger partial charge in [-0.1, -0.05) is 15.9 Å². The zero-order valence-electron chi connectivity index (χ0n) is 14.2. The van der Waals surface area contributed by atoms with Crippen molar-refractivity contribution in [2.45, 2.75) is 13.1 Å². The van der Waals surface area contributed by atoms with Crippen molar-refractivity contribution in [2.75, 3.05) is 27.8 Å². The van der Waals surface area contributed by atoms with E-state index in [1.807, 2.05) is 36.7 Å². The van der Waals surface area contributed by atoms with Crippen LogP contribution in [0.4, 0.5) is 0 Å². The Morgan fingerprint density at radius 3 is 2.42 bits per heavy atom. The molecule has 0 amide bonds. The van der Waals surface area contributed by atoms with Gasteiger partial charge < -0.3 is 24.7 Å². The van der Waals surface area contributed by atoms with Gasteiger partial charge in [0.2, 0.25) is 0 Å². The first kappa shape index (κ1) is 18.2. The second-order valence-electron chi connectivity index (χ2n) is 5.07. The lowest BCUT2D eigenvalue weighted by Gasteiger charge is -2.15. The first-order valence-electron chi connectivity index (χ1n) is 7.63. The predicted octanol–water partition coefficient (Wildman–Crippen LogP) is 2.63. The Morgan fingerprint density at radius 1 is 1.12 bits per heavy atom. The number of aliphatic imine (C=N–C) groups is 1. The van der Waals surface area contributed by atoms with Crippen LogP contribution in [0.15, 0.2) is 46.1 Å². The summed E-state index contributed by atoms with van der Waals surface area (Å²) >= 11 is 3.56. The van der Waals surface area contributed by atoms with Crippen LogP contribution in [-0.2, 0) is 13.1 Å². The van der Waals surface area contributed by atoms with E-state index >= 15 is 0 Å². The molecule has 0 aliphatic heterocycles. The predicted molar refractivity (Wildman–Crippen MR) is 99.9 cm³/mol. The highest BCUT2D eigenvalue weighted by atomic mass is 79.9. The highest BCUT2D eigenvalue weighted by Gasteiger charge is 2.10. The molecule has 6 nitrogen and oxygen atoms in total. The first-order chi connectivity index (χ1) is 11.7. The minimum Gasteiger partial charge on any atom is -0.493 e. The molecule has 0 aliphatic carbocycles. The van der Waals surface area contributed by atoms with Gasteiger partial charge in [-0.05, 0) is 29.8 Å². The van der Waals surface area contributed by atoms with Crippen LogP contribution in [0.2, 0.25) is 0 Å². The molecule has 130 valence electrons. The van der Waals surface area contributed by atoms with Gasteiger partial charge in [0.1, 0.15) is 0 Å². The van der Waals surface area contributed by atoms with Crippen LogP contribution in [0.3, 0.4) is 0 Å². The maximum atomic E-state index is 5.35. The second-order valence-corrected chi connectivity index (χ2v) is 5.93. The van der Waals surface area contributed by atoms with Gasteiger partial charge in [0.05, 0.1) is 14.2 Å². The van der Waals surface area contributed by atoms with Gasteiger partial charge in [-0.2, -0.15) is 0 Å². The minimum atomic E-state index is 0.615. The summed E-state index contributed by atoms with van der Waals surface area (Å²) in [5.74, 6) is 2.15. The Hall–Kier alpha value is -2.15. The molecule has 0 radical (unpaired) electrons. The summed E-state index contributed by atoms with van der Waals surface area (Å²) < 4.78 is 13.7. The number of guanidine groups is 1. The molecule has 0 aliphatic rings. The Morgan fingerprint density at radius 2 is 1.79 bits per heavy atom. The maximum Gasteiger partial charge on any atom is 0.191 e. The minimum absolute atomic E-state index is 0.615. The van der Waals surface area contributed by atoms with Gasteiger partial charge in [-0.15, -0.1) is 0 Å². The SMILES string of the molecule is CN=C(NCCn1cccc1)NCc1cc(OC)c(OC)cc1Br. The summed E-state index contributed by atoms with van der Waals surface area (Å²) in [5.41, 5.74) is 1.06. The van der Waals surface area contributed by atoms with Gasteiger partial charge in [-0.3, -0.25) is 4.99 Å². The van der Waals surface area contributed by atoms with E-state index in [9.17, 15) is 0 Å². The topological polar surface area (TPSA) is 59.8 Å². The summed E-state index contributed by atoms with van der Waals surface area (Å²) in [4.78, 5) is 4.24. The smallest absolute Gasteiger partial charge is 0.191 e. The Bertz CT molecular complexity index is 671. The molecule has 1 heterocycles. The molecule has 0 spiro atoms. The van der Waals surface area contributed by atoms with Gasteiger partial charge >= 0.3 is 0 Å². The summed E-state index contributed by atoms with van der Waals surface area (Å²) in [6, 6.07) is 7.88. The summed E-state index contributed by atoms with van der Waals surface area (Å²) in [7, 11) is 5.01. The summed E-state index contributed by atoms with van der Waals surface area (Å²) in [5, 5.41) is 6.59. The number of nitrogens with one attached hydrogen (secondary N) is 2. The third-order valence-electron chi connectivity index (χ3n) is 3.55. The van der Waals surface area contributed by atoms with Crippen LogP contribution >= 0.6 is 15.9 Å². The number of hydrogen-bond donors (Lipinski definition) is 2. The lowest BCUT2D eigenvalue weighted by Crippen LogP contribution is -2.38. The summed E-state index contributed by atoms with van der Waals surface area (Å²) in [6.07, 6.45) is 4.08. The number of benzene rings is 1. The molecule has 1 aromatic heterocycles. The van der Waals surface area contributed by atoms with Crippen LogP contribution in [-0.4, -0.2) is 38.3 Å². The van der Waals surface area contributed by atoms with E-state index in [0.29, 0.717) is 18.0 Å². The molecule has 0 atom stereocenters. The Balaban J connectivity index is 1.90. The quantitative estimate of drug-likeness (QED) is 0.559. The number of aromatic nitrogens is 1. The maximum absolute atomic E-state index is 5.35. The third-order valence-corrected chi connectivity index (χ3v) is 4.29. The monoisotopic (exact) mass is 394 g/mol. The van der Waals surface area contributed by atoms with Crippen molar-refractivity contribution in [3.8, 4) is 11.5 Å². The van der Waals surface area contributed by atoms with E-state index in [2.05, 4.69) is 36.1 Å². The highest BCUT2D eigenvalue weighted by molar-refractivity contribution is 9.10. The van der Waals surface area contributed by atoms with Gasteiger partial charge in [-0.25, -0.2) is 0 Å². The molecule has 0 unspecified atom stereocenters. The van der Waals surface area contributed by atoms with Gasteiger partial charge in [0.15, 0.2) is 17.5 Å². The van der Waals surface area contributed by atoms with Crippen molar-refractivity contribution in [2.24, 2.45) is 4.99 Å². The van der Waals surface area contributed by atoms with Crippen molar-refractivity contribution in [1.82, 2.24) is 15.2 Å². The van der Waals surface area contributed by atoms with Crippen LogP contribution in [0.1, 0.15) is 5.56 Å². The molecule has 0 saturated heterocycles. The molecule has 7 heteroatoms. The number of methoxy groups -OCH3 is 2. The van der Waals surface area contributed by atoms with Crippen LogP contribution in [0.25, 0.3) is 0 Å². The fourth-order valence-electron chi connectivity index (χ4n) is 2.25. The lowest BCUT2D eigenvalue weighted by atomic mass is 10.2. The average molecular weight is 395 g/mol. The lowest BCUT2D eigenvalue weighted by molar-refractivity contribution is 0.354. The number of halogens is 1. The van der Waals surface area contributed by atoms with E-state index in [4.69, 9.17) is 9.47 Å². The van der Waals surface area contributed by atoms with Gasteiger partial charge in [0, 0.05) is 43.5 Å². The molecular formula is C17H23BrN4O2.